The average molecular weight is 548 g/mol. The number of hydrogen-bond acceptors (Lipinski definition) is 7. The van der Waals surface area contributed by atoms with Gasteiger partial charge in [-0.3, -0.25) is 9.69 Å². The van der Waals surface area contributed by atoms with Gasteiger partial charge < -0.3 is 20.3 Å². The third kappa shape index (κ3) is 7.47. The number of anilines is 1. The van der Waals surface area contributed by atoms with Crippen LogP contribution in [0.2, 0.25) is 0 Å². The maximum absolute atomic E-state index is 11.6. The van der Waals surface area contributed by atoms with Crippen molar-refractivity contribution in [2.24, 2.45) is 5.73 Å². The van der Waals surface area contributed by atoms with Crippen molar-refractivity contribution in [3.05, 3.63) is 65.7 Å². The molecular weight excluding hydrogens is 506 g/mol. The van der Waals surface area contributed by atoms with Gasteiger partial charge in [0, 0.05) is 59.9 Å². The van der Waals surface area contributed by atoms with E-state index in [1.165, 1.54) is 35.4 Å². The molecule has 0 spiro atoms. The van der Waals surface area contributed by atoms with Gasteiger partial charge in [-0.15, -0.1) is 11.3 Å². The van der Waals surface area contributed by atoms with Gasteiger partial charge in [-0.1, -0.05) is 39.0 Å². The molecule has 2 aromatic carbocycles. The minimum Gasteiger partial charge on any atom is -0.493 e. The number of primary amides is 1. The molecule has 2 aromatic heterocycles. The van der Waals surface area contributed by atoms with E-state index in [0.717, 1.165) is 50.0 Å². The van der Waals surface area contributed by atoms with Crippen LogP contribution in [0, 0.1) is 0 Å². The molecular formula is C31H41N5O2S. The quantitative estimate of drug-likeness (QED) is 0.265. The molecule has 1 aliphatic rings. The topological polar surface area (TPSA) is 74.9 Å². The smallest absolute Gasteiger partial charge is 0.267 e. The first-order chi connectivity index (χ1) is 19.0. The number of carbonyl (C=O) groups is 1. The van der Waals surface area contributed by atoms with Crippen LogP contribution in [0.4, 0.5) is 5.69 Å². The summed E-state index contributed by atoms with van der Waals surface area (Å²) in [6, 6.07) is 18.1. The lowest BCUT2D eigenvalue weighted by Crippen LogP contribution is -2.46. The fourth-order valence-corrected chi connectivity index (χ4v) is 5.80. The Morgan fingerprint density at radius 3 is 2.41 bits per heavy atom. The second-order valence-corrected chi connectivity index (χ2v) is 10.6. The maximum Gasteiger partial charge on any atom is 0.267 e. The lowest BCUT2D eigenvalue weighted by atomic mass is 10.1. The SMILES string of the molecule is CCN(CC)CC.NC(=O)c1cc(OCCCN2CCN(c3cccc4sccc34)CC2)c2ccccc2n1. The van der Waals surface area contributed by atoms with Crippen molar-refractivity contribution in [3.63, 3.8) is 0 Å². The molecule has 1 amide bonds. The highest BCUT2D eigenvalue weighted by Crippen LogP contribution is 2.31. The molecule has 2 N–H and O–H groups in total. The van der Waals surface area contributed by atoms with Crippen LogP contribution in [0.5, 0.6) is 5.75 Å². The molecule has 1 aliphatic heterocycles. The van der Waals surface area contributed by atoms with Crippen LogP contribution in [0.1, 0.15) is 37.7 Å². The number of carbonyl (C=O) groups excluding carboxylic acids is 1. The van der Waals surface area contributed by atoms with Crippen molar-refractivity contribution in [3.8, 4) is 5.75 Å². The Labute approximate surface area is 236 Å². The number of nitrogens with two attached hydrogens (primary N) is 1. The molecule has 1 fully saturated rings. The van der Waals surface area contributed by atoms with Gasteiger partial charge in [-0.05, 0) is 61.8 Å². The van der Waals surface area contributed by atoms with Crippen molar-refractivity contribution in [2.75, 3.05) is 63.9 Å². The molecule has 3 heterocycles. The zero-order valence-electron chi connectivity index (χ0n) is 23.4. The van der Waals surface area contributed by atoms with Crippen molar-refractivity contribution in [1.29, 1.82) is 0 Å². The first kappa shape index (κ1) is 28.8. The molecule has 5 rings (SSSR count). The van der Waals surface area contributed by atoms with Gasteiger partial charge >= 0.3 is 0 Å². The van der Waals surface area contributed by atoms with Crippen LogP contribution in [0.3, 0.4) is 0 Å². The number of thiophene rings is 1. The van der Waals surface area contributed by atoms with E-state index in [1.54, 1.807) is 17.4 Å². The van der Waals surface area contributed by atoms with E-state index in [9.17, 15) is 4.79 Å². The Balaban J connectivity index is 0.000000448. The van der Waals surface area contributed by atoms with Crippen LogP contribution in [-0.4, -0.2) is 79.7 Å². The van der Waals surface area contributed by atoms with Crippen molar-refractivity contribution >= 4 is 43.9 Å². The standard InChI is InChI=1S/C25H26N4O2S.C6H15N/c26-25(30)21-17-23(18-5-1-2-6-20(18)27-21)31-15-4-10-28-11-13-29(14-12-28)22-7-3-8-24-19(22)9-16-32-24;1-4-7(5-2)6-3/h1-3,5-9,16-17H,4,10-15H2,(H2,26,30);4-6H2,1-3H3. The zero-order chi connectivity index (χ0) is 27.6. The van der Waals surface area contributed by atoms with Crippen LogP contribution in [0.15, 0.2) is 60.0 Å². The van der Waals surface area contributed by atoms with E-state index >= 15 is 0 Å². The van der Waals surface area contributed by atoms with E-state index in [2.05, 4.69) is 70.1 Å². The number of hydrogen-bond donors (Lipinski definition) is 1. The Hall–Kier alpha value is -3.20. The van der Waals surface area contributed by atoms with Crippen molar-refractivity contribution in [1.82, 2.24) is 14.8 Å². The minimum atomic E-state index is -0.545. The van der Waals surface area contributed by atoms with Gasteiger partial charge in [-0.25, -0.2) is 4.98 Å². The second-order valence-electron chi connectivity index (χ2n) is 9.65. The summed E-state index contributed by atoms with van der Waals surface area (Å²) < 4.78 is 7.40. The van der Waals surface area contributed by atoms with Crippen LogP contribution >= 0.6 is 11.3 Å². The molecule has 0 saturated carbocycles. The summed E-state index contributed by atoms with van der Waals surface area (Å²) >= 11 is 1.80. The summed E-state index contributed by atoms with van der Waals surface area (Å²) in [4.78, 5) is 23.3. The highest BCUT2D eigenvalue weighted by atomic mass is 32.1. The number of pyridine rings is 1. The van der Waals surface area contributed by atoms with Gasteiger partial charge in [0.25, 0.3) is 5.91 Å². The summed E-state index contributed by atoms with van der Waals surface area (Å²) in [6.45, 7) is 15.9. The minimum absolute atomic E-state index is 0.232. The number of benzene rings is 2. The summed E-state index contributed by atoms with van der Waals surface area (Å²) in [5, 5.41) is 4.43. The number of amides is 1. The third-order valence-corrected chi connectivity index (χ3v) is 8.22. The number of para-hydroxylation sites is 1. The molecule has 8 heteroatoms. The fraction of sp³-hybridized carbons (Fsp3) is 0.419. The summed E-state index contributed by atoms with van der Waals surface area (Å²) in [5.41, 5.74) is 7.74. The normalized spacial score (nSPS) is 14.0. The Bertz CT molecular complexity index is 1340. The zero-order valence-corrected chi connectivity index (χ0v) is 24.3. The number of fused-ring (bicyclic) bond motifs is 2. The molecule has 0 aliphatic carbocycles. The lowest BCUT2D eigenvalue weighted by molar-refractivity contribution is 0.0995. The van der Waals surface area contributed by atoms with Gasteiger partial charge in [0.05, 0.1) is 12.1 Å². The first-order valence-corrected chi connectivity index (χ1v) is 14.9. The number of aromatic nitrogens is 1. The van der Waals surface area contributed by atoms with E-state index in [0.29, 0.717) is 12.4 Å². The van der Waals surface area contributed by atoms with Crippen LogP contribution in [-0.2, 0) is 0 Å². The summed E-state index contributed by atoms with van der Waals surface area (Å²) in [5.74, 6) is 0.120. The van der Waals surface area contributed by atoms with Crippen LogP contribution < -0.4 is 15.4 Å². The molecule has 4 aromatic rings. The maximum atomic E-state index is 11.6. The van der Waals surface area contributed by atoms with Crippen LogP contribution in [0.25, 0.3) is 21.0 Å². The first-order valence-electron chi connectivity index (χ1n) is 14.0. The molecule has 0 atom stereocenters. The molecule has 208 valence electrons. The van der Waals surface area contributed by atoms with E-state index in [-0.39, 0.29) is 5.69 Å². The summed E-state index contributed by atoms with van der Waals surface area (Å²) in [7, 11) is 0. The number of piperazine rings is 1. The highest BCUT2D eigenvalue weighted by molar-refractivity contribution is 7.17. The summed E-state index contributed by atoms with van der Waals surface area (Å²) in [6.07, 6.45) is 0.919. The monoisotopic (exact) mass is 547 g/mol. The third-order valence-electron chi connectivity index (χ3n) is 7.33. The molecule has 0 bridgehead atoms. The molecule has 1 saturated heterocycles. The fourth-order valence-electron chi connectivity index (χ4n) is 5.00. The van der Waals surface area contributed by atoms with E-state index in [4.69, 9.17) is 10.5 Å². The van der Waals surface area contributed by atoms with Gasteiger partial charge in [-0.2, -0.15) is 0 Å². The lowest BCUT2D eigenvalue weighted by Gasteiger charge is -2.36. The molecule has 0 radical (unpaired) electrons. The van der Waals surface area contributed by atoms with Gasteiger partial charge in [0.1, 0.15) is 11.4 Å². The second kappa shape index (κ2) is 14.3. The number of nitrogens with zero attached hydrogens (tertiary/aromatic N) is 4. The highest BCUT2D eigenvalue weighted by Gasteiger charge is 2.19. The Kier molecular flexibility index (Phi) is 10.5. The van der Waals surface area contributed by atoms with Gasteiger partial charge in [0.2, 0.25) is 0 Å². The Morgan fingerprint density at radius 2 is 1.72 bits per heavy atom. The number of ether oxygens (including phenoxy) is 1. The average Bonchev–Trinajstić information content (AvgIpc) is 3.46. The van der Waals surface area contributed by atoms with Crippen molar-refractivity contribution in [2.45, 2.75) is 27.2 Å². The molecule has 39 heavy (non-hydrogen) atoms. The largest absolute Gasteiger partial charge is 0.493 e. The molecule has 7 nitrogen and oxygen atoms in total. The predicted molar refractivity (Wildman–Crippen MR) is 164 cm³/mol. The van der Waals surface area contributed by atoms with E-state index < -0.39 is 5.91 Å². The van der Waals surface area contributed by atoms with Gasteiger partial charge in [0.15, 0.2) is 0 Å². The van der Waals surface area contributed by atoms with E-state index in [1.807, 2.05) is 24.3 Å². The Morgan fingerprint density at radius 1 is 0.974 bits per heavy atom. The predicted octanol–water partition coefficient (Wildman–Crippen LogP) is 5.49. The van der Waals surface area contributed by atoms with Crippen molar-refractivity contribution < 1.29 is 9.53 Å². The molecule has 0 unspecified atom stereocenters. The number of rotatable bonds is 10.